The predicted molar refractivity (Wildman–Crippen MR) is 112 cm³/mol. The molecule has 1 N–H and O–H groups in total. The summed E-state index contributed by atoms with van der Waals surface area (Å²) < 4.78 is 156. The van der Waals surface area contributed by atoms with Gasteiger partial charge in [0.1, 0.15) is 0 Å². The minimum Gasteiger partial charge on any atom is -0.373 e. The summed E-state index contributed by atoms with van der Waals surface area (Å²) >= 11 is 0. The lowest BCUT2D eigenvalue weighted by molar-refractivity contribution is -0.366. The Balaban J connectivity index is 6.08. The largest absolute Gasteiger partial charge is 0.426 e. The molecular formula is C21H30F12OS. The lowest BCUT2D eigenvalue weighted by Gasteiger charge is -2.35. The molecule has 0 heterocycles. The van der Waals surface area contributed by atoms with Crippen LogP contribution in [0.15, 0.2) is 23.0 Å². The van der Waals surface area contributed by atoms with E-state index in [1.54, 1.807) is 0 Å². The zero-order chi connectivity index (χ0) is 28.4. The van der Waals surface area contributed by atoms with E-state index in [0.29, 0.717) is 25.0 Å². The van der Waals surface area contributed by atoms with E-state index < -0.39 is 58.6 Å². The second-order valence-electron chi connectivity index (χ2n) is 9.93. The van der Waals surface area contributed by atoms with Gasteiger partial charge in [-0.1, -0.05) is 32.9 Å². The van der Waals surface area contributed by atoms with Crippen LogP contribution in [0.25, 0.3) is 0 Å². The highest BCUT2D eigenvalue weighted by atomic mass is 32.3. The van der Waals surface area contributed by atoms with Crippen LogP contribution in [-0.4, -0.2) is 47.4 Å². The maximum atomic E-state index is 13.1. The quantitative estimate of drug-likeness (QED) is 0.280. The highest BCUT2D eigenvalue weighted by Gasteiger charge is 2.69. The third kappa shape index (κ3) is 9.08. The number of allylic oxidation sites excluding steroid dienone is 1. The van der Waals surface area contributed by atoms with Crippen LogP contribution in [0.1, 0.15) is 53.4 Å². The lowest BCUT2D eigenvalue weighted by atomic mass is 9.85. The van der Waals surface area contributed by atoms with Gasteiger partial charge in [-0.25, -0.2) is 10.0 Å². The molecule has 1 unspecified atom stereocenters. The smallest absolute Gasteiger partial charge is 0.373 e. The normalized spacial score (nSPS) is 18.3. The molecule has 0 aromatic carbocycles. The van der Waals surface area contributed by atoms with Crippen molar-refractivity contribution >= 4 is 10.0 Å². The predicted octanol–water partition coefficient (Wildman–Crippen LogP) is 9.04. The van der Waals surface area contributed by atoms with Crippen molar-refractivity contribution in [2.75, 3.05) is 12.0 Å². The van der Waals surface area contributed by atoms with Crippen molar-refractivity contribution in [3.8, 4) is 0 Å². The number of alkyl halides is 12. The Morgan fingerprint density at radius 1 is 0.629 bits per heavy atom. The fraction of sp³-hybridized carbons (Fsp3) is 0.810. The fourth-order valence-electron chi connectivity index (χ4n) is 2.82. The number of rotatable bonds is 9. The Hall–Kier alpha value is -1.05. The number of halogens is 12. The highest BCUT2D eigenvalue weighted by molar-refractivity contribution is 8.37. The van der Waals surface area contributed by atoms with Gasteiger partial charge < -0.3 is 5.11 Å². The van der Waals surface area contributed by atoms with Crippen LogP contribution in [0.5, 0.6) is 0 Å². The van der Waals surface area contributed by atoms with Gasteiger partial charge in [0, 0.05) is 6.42 Å². The molecule has 0 aliphatic heterocycles. The molecule has 0 rings (SSSR count). The van der Waals surface area contributed by atoms with Gasteiger partial charge in [0.2, 0.25) is 0 Å². The molecule has 1 atom stereocenters. The second-order valence-corrected chi connectivity index (χ2v) is 13.3. The Kier molecular flexibility index (Phi) is 10.4. The van der Waals surface area contributed by atoms with Crippen molar-refractivity contribution in [2.24, 2.45) is 10.8 Å². The van der Waals surface area contributed by atoms with E-state index in [9.17, 15) is 57.8 Å². The number of hydrogen-bond donors (Lipinski definition) is 1. The molecular weight excluding hydrogens is 528 g/mol. The molecule has 0 aliphatic rings. The third-order valence-corrected chi connectivity index (χ3v) is 8.25. The van der Waals surface area contributed by atoms with Gasteiger partial charge in [0.15, 0.2) is 5.41 Å². The fourth-order valence-corrected chi connectivity index (χ4v) is 5.02. The Labute approximate surface area is 197 Å². The molecule has 35 heavy (non-hydrogen) atoms. The van der Waals surface area contributed by atoms with Gasteiger partial charge in [-0.15, -0.1) is 0 Å². The first-order valence-electron chi connectivity index (χ1n) is 10.2. The SMILES string of the molecule is CC(C)(C)CCCS(C)(/C=C/CC(C)(C(F)(F)F)C(F)(F)F)/C=C/CC(O)(C(F)(F)F)C(F)(F)F. The molecule has 14 heteroatoms. The molecule has 0 aromatic rings. The van der Waals surface area contributed by atoms with E-state index >= 15 is 0 Å². The van der Waals surface area contributed by atoms with Gasteiger partial charge in [0.25, 0.3) is 5.60 Å². The summed E-state index contributed by atoms with van der Waals surface area (Å²) in [5.74, 6) is 0.0858. The van der Waals surface area contributed by atoms with Crippen LogP contribution < -0.4 is 0 Å². The Bertz CT molecular complexity index is 658. The molecule has 0 fully saturated rings. The van der Waals surface area contributed by atoms with Gasteiger partial charge in [-0.3, -0.25) is 0 Å². The minimum absolute atomic E-state index is 0.0355. The molecule has 0 aromatic heterocycles. The van der Waals surface area contributed by atoms with Crippen molar-refractivity contribution < 1.29 is 57.8 Å². The van der Waals surface area contributed by atoms with Crippen molar-refractivity contribution in [2.45, 2.75) is 83.7 Å². The van der Waals surface area contributed by atoms with Crippen LogP contribution >= 0.6 is 10.0 Å². The van der Waals surface area contributed by atoms with E-state index in [4.69, 9.17) is 0 Å². The van der Waals surface area contributed by atoms with Gasteiger partial charge in [0.05, 0.1) is 0 Å². The van der Waals surface area contributed by atoms with E-state index in [1.807, 2.05) is 20.8 Å². The van der Waals surface area contributed by atoms with Crippen LogP contribution in [0.4, 0.5) is 52.7 Å². The third-order valence-electron chi connectivity index (χ3n) is 5.45. The summed E-state index contributed by atoms with van der Waals surface area (Å²) in [6, 6.07) is 0. The molecule has 1 nitrogen and oxygen atoms in total. The highest BCUT2D eigenvalue weighted by Crippen LogP contribution is 2.55. The maximum absolute atomic E-state index is 13.1. The van der Waals surface area contributed by atoms with Crippen LogP contribution in [0.2, 0.25) is 0 Å². The van der Waals surface area contributed by atoms with Crippen LogP contribution in [0.3, 0.4) is 0 Å². The van der Waals surface area contributed by atoms with Crippen molar-refractivity contribution in [1.29, 1.82) is 0 Å². The van der Waals surface area contributed by atoms with Crippen molar-refractivity contribution in [3.63, 3.8) is 0 Å². The van der Waals surface area contributed by atoms with Gasteiger partial charge >= 0.3 is 24.7 Å². The summed E-state index contributed by atoms with van der Waals surface area (Å²) in [5, 5.41) is 11.2. The Morgan fingerprint density at radius 3 is 1.31 bits per heavy atom. The minimum atomic E-state index is -6.06. The monoisotopic (exact) mass is 558 g/mol. The topological polar surface area (TPSA) is 20.2 Å². The van der Waals surface area contributed by atoms with Crippen molar-refractivity contribution in [1.82, 2.24) is 0 Å². The zero-order valence-corrected chi connectivity index (χ0v) is 20.6. The molecule has 210 valence electrons. The average Bonchev–Trinajstić information content (AvgIpc) is 2.56. The molecule has 0 aliphatic carbocycles. The zero-order valence-electron chi connectivity index (χ0n) is 19.7. The summed E-state index contributed by atoms with van der Waals surface area (Å²) in [4.78, 5) is 0. The molecule has 0 amide bonds. The second kappa shape index (κ2) is 10.7. The molecule has 0 saturated carbocycles. The first-order valence-corrected chi connectivity index (χ1v) is 12.5. The van der Waals surface area contributed by atoms with Crippen molar-refractivity contribution in [3.05, 3.63) is 23.0 Å². The van der Waals surface area contributed by atoms with E-state index in [2.05, 4.69) is 0 Å². The molecule has 0 bridgehead atoms. The van der Waals surface area contributed by atoms with E-state index in [1.165, 1.54) is 6.26 Å². The standard InChI is InChI=1S/C21H30F12OS/c1-15(2,3)9-6-12-35(5,13-7-10-16(4,18(22,23)24)19(25,26)27)14-8-11-17(34,20(28,29)30)21(31,32)33/h7-8,13-14,34H,6,9-12H2,1-5H3/b13-7+,14-8+. The maximum Gasteiger partial charge on any atom is 0.426 e. The first-order chi connectivity index (χ1) is 15.1. The summed E-state index contributed by atoms with van der Waals surface area (Å²) in [7, 11) is -2.53. The molecule has 0 saturated heterocycles. The van der Waals surface area contributed by atoms with E-state index in [-0.39, 0.29) is 18.1 Å². The average molecular weight is 559 g/mol. The summed E-state index contributed by atoms with van der Waals surface area (Å²) in [6.07, 6.45) is -23.6. The van der Waals surface area contributed by atoms with Gasteiger partial charge in [-0.2, -0.15) is 52.7 Å². The van der Waals surface area contributed by atoms with E-state index in [0.717, 1.165) is 10.8 Å². The lowest BCUT2D eigenvalue weighted by Crippen LogP contribution is -2.56. The Morgan fingerprint density at radius 2 is 1.00 bits per heavy atom. The first kappa shape index (κ1) is 34.0. The van der Waals surface area contributed by atoms with Crippen LogP contribution in [-0.2, 0) is 0 Å². The molecule has 0 spiro atoms. The van der Waals surface area contributed by atoms with Gasteiger partial charge in [-0.05, 0) is 54.4 Å². The number of aliphatic hydroxyl groups is 1. The number of hydrogen-bond acceptors (Lipinski definition) is 1. The summed E-state index contributed by atoms with van der Waals surface area (Å²) in [6.45, 7) is 5.49. The summed E-state index contributed by atoms with van der Waals surface area (Å²) in [5.41, 5.74) is -9.39. The molecule has 0 radical (unpaired) electrons. The van der Waals surface area contributed by atoms with Crippen LogP contribution in [0, 0.1) is 10.8 Å².